The molecule has 4 amide bonds. The minimum Gasteiger partial charge on any atom is -0.363 e. The Morgan fingerprint density at radius 1 is 1.02 bits per heavy atom. The predicted molar refractivity (Wildman–Crippen MR) is 178 cm³/mol. The maximum absolute atomic E-state index is 15.4. The number of hydrogen-bond donors (Lipinski definition) is 1. The van der Waals surface area contributed by atoms with Gasteiger partial charge in [-0.25, -0.2) is 18.0 Å². The highest BCUT2D eigenvalue weighted by molar-refractivity contribution is 8.01. The van der Waals surface area contributed by atoms with E-state index < -0.39 is 28.9 Å². The van der Waals surface area contributed by atoms with E-state index in [1.165, 1.54) is 22.7 Å². The minimum atomic E-state index is -2.91. The molecule has 2 aromatic carbocycles. The average molecular weight is 672 g/mol. The number of urea groups is 1. The first kappa shape index (κ1) is 33.5. The predicted octanol–water partition coefficient (Wildman–Crippen LogP) is 6.52. The number of carbonyl (C=O) groups is 3. The summed E-state index contributed by atoms with van der Waals surface area (Å²) in [5, 5.41) is 1.76. The van der Waals surface area contributed by atoms with Crippen molar-refractivity contribution in [2.24, 2.45) is 5.41 Å². The number of anilines is 2. The summed E-state index contributed by atoms with van der Waals surface area (Å²) in [7, 11) is 0. The molecule has 8 nitrogen and oxygen atoms in total. The van der Waals surface area contributed by atoms with Crippen molar-refractivity contribution in [3.05, 3.63) is 59.4 Å². The highest BCUT2D eigenvalue weighted by Gasteiger charge is 2.46. The van der Waals surface area contributed by atoms with Gasteiger partial charge in [-0.05, 0) is 48.8 Å². The number of alkyl halides is 2. The van der Waals surface area contributed by atoms with Gasteiger partial charge in [-0.15, -0.1) is 11.8 Å². The number of hydrogen-bond acceptors (Lipinski definition) is 5. The van der Waals surface area contributed by atoms with E-state index in [1.807, 2.05) is 29.2 Å². The summed E-state index contributed by atoms with van der Waals surface area (Å²) in [6.07, 6.45) is 2.39. The van der Waals surface area contributed by atoms with Crippen molar-refractivity contribution in [2.75, 3.05) is 49.5 Å². The summed E-state index contributed by atoms with van der Waals surface area (Å²) < 4.78 is 43.8. The second kappa shape index (κ2) is 13.2. The first-order valence-corrected chi connectivity index (χ1v) is 17.5. The summed E-state index contributed by atoms with van der Waals surface area (Å²) in [5.41, 5.74) is 2.47. The third-order valence-corrected chi connectivity index (χ3v) is 11.2. The number of likely N-dealkylation sites (tertiary alicyclic amines) is 1. The Morgan fingerprint density at radius 2 is 1.77 bits per heavy atom. The van der Waals surface area contributed by atoms with Crippen LogP contribution in [-0.2, 0) is 16.0 Å². The number of nitrogens with one attached hydrogen (secondary N) is 1. The van der Waals surface area contributed by atoms with E-state index in [9.17, 15) is 23.2 Å². The number of thioether (sulfide) groups is 1. The molecule has 0 aromatic heterocycles. The van der Waals surface area contributed by atoms with Crippen LogP contribution in [0.3, 0.4) is 0 Å². The number of nitrogens with zero attached hydrogens (tertiary/aromatic N) is 4. The number of rotatable bonds is 7. The smallest absolute Gasteiger partial charge is 0.322 e. The van der Waals surface area contributed by atoms with Gasteiger partial charge in [-0.3, -0.25) is 9.59 Å². The van der Waals surface area contributed by atoms with Gasteiger partial charge in [-0.1, -0.05) is 51.1 Å². The summed E-state index contributed by atoms with van der Waals surface area (Å²) in [5.74, 6) is -3.81. The monoisotopic (exact) mass is 671 g/mol. The molecule has 2 atom stereocenters. The number of benzene rings is 2. The van der Waals surface area contributed by atoms with Crippen molar-refractivity contribution < 1.29 is 27.6 Å². The minimum absolute atomic E-state index is 0.00261. The molecule has 4 heterocycles. The Balaban J connectivity index is 1.13. The van der Waals surface area contributed by atoms with Crippen molar-refractivity contribution in [2.45, 2.75) is 81.9 Å². The lowest BCUT2D eigenvalue weighted by atomic mass is 9.92. The molecule has 2 aromatic rings. The van der Waals surface area contributed by atoms with Crippen molar-refractivity contribution in [1.29, 1.82) is 0 Å². The molecule has 0 aliphatic carbocycles. The maximum atomic E-state index is 15.4. The van der Waals surface area contributed by atoms with E-state index in [2.05, 4.69) is 26.1 Å². The summed E-state index contributed by atoms with van der Waals surface area (Å²) in [4.78, 5) is 47.3. The summed E-state index contributed by atoms with van der Waals surface area (Å²) >= 11 is 1.31. The summed E-state index contributed by atoms with van der Waals surface area (Å²) in [6, 6.07) is 12.3. The SMILES string of the molecule is CC(C)(C)CCN1C(=O)[C@H](CC(=O)N2CCC(N3CCc4ccccc4NC3=O)CC2)SC1c1cccc(F)c1N1CCC(F)(F)C1. The lowest BCUT2D eigenvalue weighted by Gasteiger charge is -2.38. The fraction of sp³-hybridized carbons (Fsp3) is 0.571. The number of amides is 4. The number of para-hydroxylation sites is 2. The molecule has 3 fully saturated rings. The Hall–Kier alpha value is -3.41. The molecule has 4 aliphatic rings. The second-order valence-corrected chi connectivity index (χ2v) is 15.7. The maximum Gasteiger partial charge on any atom is 0.322 e. The average Bonchev–Trinajstić information content (AvgIpc) is 3.47. The number of piperidine rings is 1. The standard InChI is InChI=1S/C35H44F3N5O3S/c1-34(2,3)14-20-43-31(45)28(47-32(43)25-8-6-9-26(36)30(25)41-19-15-35(37,38)22-41)21-29(44)40-16-12-24(13-17-40)42-18-11-23-7-4-5-10-27(23)39-33(42)46/h4-10,24,28,32H,11-22H2,1-3H3,(H,39,46)/t28-,32?/m0/s1. The van der Waals surface area contributed by atoms with Crippen molar-refractivity contribution in [1.82, 2.24) is 14.7 Å². The molecule has 3 saturated heterocycles. The molecular weight excluding hydrogens is 627 g/mol. The van der Waals surface area contributed by atoms with E-state index in [0.29, 0.717) is 51.0 Å². The topological polar surface area (TPSA) is 76.2 Å². The van der Waals surface area contributed by atoms with Gasteiger partial charge in [0, 0.05) is 62.9 Å². The quantitative estimate of drug-likeness (QED) is 0.363. The Morgan fingerprint density at radius 3 is 2.47 bits per heavy atom. The van der Waals surface area contributed by atoms with E-state index in [4.69, 9.17) is 0 Å². The Kier molecular flexibility index (Phi) is 9.43. The first-order chi connectivity index (χ1) is 22.3. The molecule has 4 aliphatic heterocycles. The number of carbonyl (C=O) groups excluding carboxylic acids is 3. The number of halogens is 3. The van der Waals surface area contributed by atoms with E-state index in [0.717, 1.165) is 17.7 Å². The van der Waals surface area contributed by atoms with Gasteiger partial charge in [0.15, 0.2) is 0 Å². The van der Waals surface area contributed by atoms with Crippen molar-refractivity contribution in [3.63, 3.8) is 0 Å². The molecular formula is C35H44F3N5O3S. The molecule has 1 unspecified atom stereocenters. The molecule has 0 spiro atoms. The molecule has 0 saturated carbocycles. The van der Waals surface area contributed by atoms with Gasteiger partial charge in [0.2, 0.25) is 11.8 Å². The zero-order chi connectivity index (χ0) is 33.5. The van der Waals surface area contributed by atoms with Crippen LogP contribution in [-0.4, -0.2) is 89.0 Å². The zero-order valence-electron chi connectivity index (χ0n) is 27.3. The third kappa shape index (κ3) is 7.37. The fourth-order valence-corrected chi connectivity index (χ4v) is 8.59. The molecule has 12 heteroatoms. The van der Waals surface area contributed by atoms with Gasteiger partial charge in [0.1, 0.15) is 11.2 Å². The van der Waals surface area contributed by atoms with Crippen molar-refractivity contribution >= 4 is 41.0 Å². The van der Waals surface area contributed by atoms with Gasteiger partial charge in [0.25, 0.3) is 5.92 Å². The Bertz CT molecular complexity index is 1510. The van der Waals surface area contributed by atoms with Crippen LogP contribution in [0, 0.1) is 11.2 Å². The van der Waals surface area contributed by atoms with Gasteiger partial charge in [-0.2, -0.15) is 0 Å². The van der Waals surface area contributed by atoms with Crippen LogP contribution in [0.4, 0.5) is 29.3 Å². The molecule has 1 N–H and O–H groups in total. The largest absolute Gasteiger partial charge is 0.363 e. The molecule has 0 radical (unpaired) electrons. The van der Waals surface area contributed by atoms with Crippen LogP contribution in [0.1, 0.15) is 69.4 Å². The summed E-state index contributed by atoms with van der Waals surface area (Å²) in [6.45, 7) is 7.68. The van der Waals surface area contributed by atoms with Crippen LogP contribution in [0.25, 0.3) is 0 Å². The lowest BCUT2D eigenvalue weighted by molar-refractivity contribution is -0.137. The van der Waals surface area contributed by atoms with Gasteiger partial charge < -0.3 is 24.9 Å². The van der Waals surface area contributed by atoms with E-state index in [-0.39, 0.29) is 54.4 Å². The Labute approximate surface area is 279 Å². The van der Waals surface area contributed by atoms with Crippen LogP contribution >= 0.6 is 11.8 Å². The van der Waals surface area contributed by atoms with Crippen LogP contribution in [0.2, 0.25) is 0 Å². The second-order valence-electron chi connectivity index (χ2n) is 14.4. The zero-order valence-corrected chi connectivity index (χ0v) is 28.1. The highest BCUT2D eigenvalue weighted by atomic mass is 32.2. The number of fused-ring (bicyclic) bond motifs is 1. The van der Waals surface area contributed by atoms with Crippen LogP contribution < -0.4 is 10.2 Å². The first-order valence-electron chi connectivity index (χ1n) is 16.6. The van der Waals surface area contributed by atoms with Crippen LogP contribution in [0.5, 0.6) is 0 Å². The molecule has 47 heavy (non-hydrogen) atoms. The fourth-order valence-electron chi connectivity index (χ4n) is 7.09. The van der Waals surface area contributed by atoms with Crippen LogP contribution in [0.15, 0.2) is 42.5 Å². The molecule has 0 bridgehead atoms. The third-order valence-electron chi connectivity index (χ3n) is 9.77. The molecule has 254 valence electrons. The highest BCUT2D eigenvalue weighted by Crippen LogP contribution is 2.49. The van der Waals surface area contributed by atoms with Crippen molar-refractivity contribution in [3.8, 4) is 0 Å². The van der Waals surface area contributed by atoms with E-state index in [1.54, 1.807) is 21.9 Å². The molecule has 6 rings (SSSR count). The lowest BCUT2D eigenvalue weighted by Crippen LogP contribution is -2.50. The normalized spacial score (nSPS) is 23.6. The van der Waals surface area contributed by atoms with E-state index >= 15 is 4.39 Å². The van der Waals surface area contributed by atoms with Gasteiger partial charge in [0.05, 0.1) is 17.5 Å². The van der Waals surface area contributed by atoms with Gasteiger partial charge >= 0.3 is 6.03 Å².